The molecule has 5 nitrogen and oxygen atoms in total. The van der Waals surface area contributed by atoms with Gasteiger partial charge in [0.2, 0.25) is 15.9 Å². The summed E-state index contributed by atoms with van der Waals surface area (Å²) in [5.41, 5.74) is 2.91. The Labute approximate surface area is 171 Å². The average Bonchev–Trinajstić information content (AvgIpc) is 3.21. The molecule has 1 N–H and O–H groups in total. The van der Waals surface area contributed by atoms with Crippen LogP contribution in [0.15, 0.2) is 65.6 Å². The third kappa shape index (κ3) is 3.78. The lowest BCUT2D eigenvalue weighted by Gasteiger charge is -2.23. The molecule has 0 unspecified atom stereocenters. The minimum atomic E-state index is -3.76. The maximum Gasteiger partial charge on any atom is 0.243 e. The zero-order valence-electron chi connectivity index (χ0n) is 16.6. The number of carbonyl (C=O) groups excluding carboxylic acids is 1. The average molecular weight is 409 g/mol. The molecule has 0 aromatic heterocycles. The molecule has 1 aliphatic rings. The Morgan fingerprint density at radius 3 is 2.48 bits per heavy atom. The molecular formula is C23H24N2O3S. The molecule has 4 rings (SSSR count). The highest BCUT2D eigenvalue weighted by molar-refractivity contribution is 7.89. The smallest absolute Gasteiger partial charge is 0.243 e. The molecule has 0 spiro atoms. The van der Waals surface area contributed by atoms with Gasteiger partial charge < -0.3 is 5.32 Å². The molecule has 0 radical (unpaired) electrons. The van der Waals surface area contributed by atoms with Crippen molar-refractivity contribution in [2.24, 2.45) is 0 Å². The van der Waals surface area contributed by atoms with Crippen molar-refractivity contribution in [1.82, 2.24) is 4.31 Å². The van der Waals surface area contributed by atoms with Crippen molar-refractivity contribution < 1.29 is 13.2 Å². The molecule has 0 aliphatic carbocycles. The van der Waals surface area contributed by atoms with Gasteiger partial charge in [0.05, 0.1) is 4.90 Å². The van der Waals surface area contributed by atoms with Gasteiger partial charge in [-0.1, -0.05) is 36.4 Å². The number of amides is 1. The van der Waals surface area contributed by atoms with Crippen LogP contribution in [-0.2, 0) is 14.8 Å². The molecule has 0 bridgehead atoms. The van der Waals surface area contributed by atoms with Crippen LogP contribution in [0.25, 0.3) is 10.8 Å². The molecule has 1 fully saturated rings. The van der Waals surface area contributed by atoms with Crippen LogP contribution in [0.3, 0.4) is 0 Å². The van der Waals surface area contributed by atoms with Crippen LogP contribution in [0.4, 0.5) is 5.69 Å². The highest BCUT2D eigenvalue weighted by Crippen LogP contribution is 2.29. The molecule has 3 aromatic rings. The molecule has 150 valence electrons. The number of benzene rings is 3. The molecule has 29 heavy (non-hydrogen) atoms. The summed E-state index contributed by atoms with van der Waals surface area (Å²) in [5.74, 6) is -0.282. The van der Waals surface area contributed by atoms with E-state index in [1.807, 2.05) is 62.4 Å². The molecule has 0 saturated carbocycles. The predicted molar refractivity (Wildman–Crippen MR) is 115 cm³/mol. The fourth-order valence-corrected chi connectivity index (χ4v) is 5.49. The third-order valence-electron chi connectivity index (χ3n) is 5.61. The first kappa shape index (κ1) is 19.6. The fourth-order valence-electron chi connectivity index (χ4n) is 3.80. The Balaban J connectivity index is 1.60. The number of carbonyl (C=O) groups is 1. The number of hydrogen-bond donors (Lipinski definition) is 1. The zero-order valence-corrected chi connectivity index (χ0v) is 17.4. The van der Waals surface area contributed by atoms with Gasteiger partial charge in [0, 0.05) is 12.2 Å². The largest absolute Gasteiger partial charge is 0.325 e. The highest BCUT2D eigenvalue weighted by Gasteiger charge is 2.39. The van der Waals surface area contributed by atoms with E-state index in [1.54, 1.807) is 12.1 Å². The Morgan fingerprint density at radius 1 is 0.966 bits per heavy atom. The van der Waals surface area contributed by atoms with Gasteiger partial charge in [-0.3, -0.25) is 4.79 Å². The normalized spacial score (nSPS) is 17.5. The quantitative estimate of drug-likeness (QED) is 0.702. The summed E-state index contributed by atoms with van der Waals surface area (Å²) in [4.78, 5) is 13.1. The second-order valence-electron chi connectivity index (χ2n) is 7.57. The maximum absolute atomic E-state index is 13.3. The molecule has 3 aromatic carbocycles. The van der Waals surface area contributed by atoms with E-state index in [9.17, 15) is 13.2 Å². The number of sulfonamides is 1. The number of hydrogen-bond acceptors (Lipinski definition) is 3. The van der Waals surface area contributed by atoms with Gasteiger partial charge in [-0.15, -0.1) is 0 Å². The van der Waals surface area contributed by atoms with Gasteiger partial charge in [0.15, 0.2) is 0 Å². The molecule has 6 heteroatoms. The van der Waals surface area contributed by atoms with Crippen molar-refractivity contribution in [3.63, 3.8) is 0 Å². The van der Waals surface area contributed by atoms with Crippen LogP contribution >= 0.6 is 0 Å². The Kier molecular flexibility index (Phi) is 5.15. The van der Waals surface area contributed by atoms with E-state index < -0.39 is 16.1 Å². The lowest BCUT2D eigenvalue weighted by atomic mass is 10.1. The number of nitrogens with zero attached hydrogens (tertiary/aromatic N) is 1. The SMILES string of the molecule is Cc1ccc(NC(=O)[C@@H]2CCCN2S(=O)(=O)c2ccc3ccccc3c2)cc1C. The monoisotopic (exact) mass is 408 g/mol. The molecule has 1 amide bonds. The summed E-state index contributed by atoms with van der Waals surface area (Å²) >= 11 is 0. The number of rotatable bonds is 4. The van der Waals surface area contributed by atoms with Gasteiger partial charge >= 0.3 is 0 Å². The van der Waals surface area contributed by atoms with E-state index in [-0.39, 0.29) is 10.8 Å². The fraction of sp³-hybridized carbons (Fsp3) is 0.261. The van der Waals surface area contributed by atoms with Gasteiger partial charge in [-0.25, -0.2) is 8.42 Å². The van der Waals surface area contributed by atoms with E-state index in [2.05, 4.69) is 5.32 Å². The zero-order chi connectivity index (χ0) is 20.6. The first-order valence-corrected chi connectivity index (χ1v) is 11.2. The van der Waals surface area contributed by atoms with Crippen molar-refractivity contribution in [3.8, 4) is 0 Å². The van der Waals surface area contributed by atoms with Crippen molar-refractivity contribution >= 4 is 32.4 Å². The maximum atomic E-state index is 13.3. The number of fused-ring (bicyclic) bond motifs is 1. The Bertz CT molecular complexity index is 1190. The summed E-state index contributed by atoms with van der Waals surface area (Å²) in [5, 5.41) is 4.74. The van der Waals surface area contributed by atoms with E-state index in [0.717, 1.165) is 21.9 Å². The number of anilines is 1. The summed E-state index contributed by atoms with van der Waals surface area (Å²) in [6.07, 6.45) is 1.18. The topological polar surface area (TPSA) is 66.5 Å². The van der Waals surface area contributed by atoms with E-state index in [1.165, 1.54) is 4.31 Å². The minimum absolute atomic E-state index is 0.224. The van der Waals surface area contributed by atoms with Crippen molar-refractivity contribution in [2.45, 2.75) is 37.6 Å². The summed E-state index contributed by atoms with van der Waals surface area (Å²) < 4.78 is 27.9. The van der Waals surface area contributed by atoms with Crippen LogP contribution in [0.5, 0.6) is 0 Å². The molecule has 1 atom stereocenters. The van der Waals surface area contributed by atoms with Crippen molar-refractivity contribution in [1.29, 1.82) is 0 Å². The third-order valence-corrected chi connectivity index (χ3v) is 7.51. The minimum Gasteiger partial charge on any atom is -0.325 e. The van der Waals surface area contributed by atoms with Gasteiger partial charge in [0.1, 0.15) is 6.04 Å². The highest BCUT2D eigenvalue weighted by atomic mass is 32.2. The second-order valence-corrected chi connectivity index (χ2v) is 9.46. The van der Waals surface area contributed by atoms with Gasteiger partial charge in [-0.2, -0.15) is 4.31 Å². The number of nitrogens with one attached hydrogen (secondary N) is 1. The lowest BCUT2D eigenvalue weighted by Crippen LogP contribution is -2.43. The number of aryl methyl sites for hydroxylation is 2. The standard InChI is InChI=1S/C23H24N2O3S/c1-16-9-11-20(14-17(16)2)24-23(26)22-8-5-13-25(22)29(27,28)21-12-10-18-6-3-4-7-19(18)15-21/h3-4,6-7,9-12,14-15,22H,5,8,13H2,1-2H3,(H,24,26)/t22-/m0/s1. The van der Waals surface area contributed by atoms with Crippen LogP contribution in [0, 0.1) is 13.8 Å². The van der Waals surface area contributed by atoms with E-state index in [0.29, 0.717) is 25.1 Å². The first-order chi connectivity index (χ1) is 13.9. The molecule has 1 heterocycles. The lowest BCUT2D eigenvalue weighted by molar-refractivity contribution is -0.119. The predicted octanol–water partition coefficient (Wildman–Crippen LogP) is 4.25. The van der Waals surface area contributed by atoms with Crippen LogP contribution < -0.4 is 5.32 Å². The van der Waals surface area contributed by atoms with Crippen molar-refractivity contribution in [3.05, 3.63) is 71.8 Å². The van der Waals surface area contributed by atoms with Crippen LogP contribution in [0.2, 0.25) is 0 Å². The first-order valence-electron chi connectivity index (χ1n) is 9.75. The van der Waals surface area contributed by atoms with Gasteiger partial charge in [-0.05, 0) is 72.9 Å². The van der Waals surface area contributed by atoms with Gasteiger partial charge in [0.25, 0.3) is 0 Å². The summed E-state index contributed by atoms with van der Waals surface area (Å²) in [6, 6.07) is 17.7. The molecular weight excluding hydrogens is 384 g/mol. The van der Waals surface area contributed by atoms with Crippen molar-refractivity contribution in [2.75, 3.05) is 11.9 Å². The summed E-state index contributed by atoms with van der Waals surface area (Å²) in [6.45, 7) is 4.34. The second kappa shape index (κ2) is 7.61. The Hall–Kier alpha value is -2.70. The van der Waals surface area contributed by atoms with Crippen LogP contribution in [-0.4, -0.2) is 31.2 Å². The molecule has 1 aliphatic heterocycles. The summed E-state index contributed by atoms with van der Waals surface area (Å²) in [7, 11) is -3.76. The van der Waals surface area contributed by atoms with Crippen LogP contribution in [0.1, 0.15) is 24.0 Å². The van der Waals surface area contributed by atoms with E-state index >= 15 is 0 Å². The molecule has 1 saturated heterocycles. The van der Waals surface area contributed by atoms with E-state index in [4.69, 9.17) is 0 Å². The Morgan fingerprint density at radius 2 is 1.72 bits per heavy atom.